The third-order valence-corrected chi connectivity index (χ3v) is 4.18. The smallest absolute Gasteiger partial charge is 0.317 e. The fraction of sp³-hybridized carbons (Fsp3) is 0.500. The summed E-state index contributed by atoms with van der Waals surface area (Å²) in [6.07, 6.45) is 5.83. The number of rotatable bonds is 4. The predicted molar refractivity (Wildman–Crippen MR) is 85.6 cm³/mol. The van der Waals surface area contributed by atoms with Gasteiger partial charge in [0.15, 0.2) is 5.82 Å². The first-order valence-corrected chi connectivity index (χ1v) is 7.76. The van der Waals surface area contributed by atoms with E-state index in [2.05, 4.69) is 34.2 Å². The van der Waals surface area contributed by atoms with E-state index >= 15 is 0 Å². The van der Waals surface area contributed by atoms with Gasteiger partial charge in [0.1, 0.15) is 6.33 Å². The van der Waals surface area contributed by atoms with Crippen LogP contribution in [0.15, 0.2) is 30.9 Å². The number of hydrogen-bond acceptors (Lipinski definition) is 4. The van der Waals surface area contributed by atoms with Crippen LogP contribution in [0.3, 0.4) is 0 Å². The maximum absolute atomic E-state index is 12.4. The van der Waals surface area contributed by atoms with Crippen molar-refractivity contribution in [1.29, 1.82) is 0 Å². The maximum Gasteiger partial charge on any atom is 0.317 e. The molecule has 2 aromatic heterocycles. The van der Waals surface area contributed by atoms with Crippen LogP contribution in [0.1, 0.15) is 31.3 Å². The van der Waals surface area contributed by atoms with E-state index in [4.69, 9.17) is 0 Å². The zero-order chi connectivity index (χ0) is 16.4. The van der Waals surface area contributed by atoms with E-state index in [1.807, 2.05) is 24.1 Å². The Bertz CT molecular complexity index is 681. The molecule has 23 heavy (non-hydrogen) atoms. The van der Waals surface area contributed by atoms with Gasteiger partial charge in [-0.05, 0) is 17.7 Å². The number of aromatic nitrogens is 4. The third kappa shape index (κ3) is 3.18. The Balaban J connectivity index is 1.59. The molecule has 1 aliphatic heterocycles. The molecule has 122 valence electrons. The van der Waals surface area contributed by atoms with E-state index in [0.717, 1.165) is 17.9 Å². The molecule has 7 nitrogen and oxygen atoms in total. The van der Waals surface area contributed by atoms with Gasteiger partial charge in [0, 0.05) is 44.4 Å². The fourth-order valence-electron chi connectivity index (χ4n) is 3.17. The van der Waals surface area contributed by atoms with Gasteiger partial charge in [-0.3, -0.25) is 9.67 Å². The normalized spacial score (nSPS) is 19.3. The molecule has 1 saturated heterocycles. The highest BCUT2D eigenvalue weighted by Crippen LogP contribution is 2.47. The first kappa shape index (κ1) is 15.5. The lowest BCUT2D eigenvalue weighted by Crippen LogP contribution is -2.60. The molecule has 2 aromatic rings. The molecule has 1 atom stereocenters. The molecule has 1 fully saturated rings. The zero-order valence-corrected chi connectivity index (χ0v) is 13.7. The number of carbonyl (C=O) groups excluding carboxylic acids is 1. The number of likely N-dealkylation sites (tertiary alicyclic amines) is 1. The Hall–Kier alpha value is -2.44. The molecule has 0 spiro atoms. The van der Waals surface area contributed by atoms with Gasteiger partial charge in [-0.15, -0.1) is 0 Å². The zero-order valence-electron chi connectivity index (χ0n) is 13.7. The first-order valence-electron chi connectivity index (χ1n) is 7.76. The molecular formula is C16H22N6O. The van der Waals surface area contributed by atoms with Gasteiger partial charge in [-0.25, -0.2) is 9.78 Å². The summed E-state index contributed by atoms with van der Waals surface area (Å²) in [6.45, 7) is 5.63. The molecule has 0 bridgehead atoms. The minimum absolute atomic E-state index is 0.0398. The predicted octanol–water partition coefficient (Wildman–Crippen LogP) is 1.55. The summed E-state index contributed by atoms with van der Waals surface area (Å²) in [7, 11) is 1.83. The van der Waals surface area contributed by atoms with Gasteiger partial charge in [-0.2, -0.15) is 5.10 Å². The summed E-state index contributed by atoms with van der Waals surface area (Å²) in [6, 6.07) is 3.99. The summed E-state index contributed by atoms with van der Waals surface area (Å²) in [5.41, 5.74) is 1.19. The van der Waals surface area contributed by atoms with Crippen LogP contribution in [-0.4, -0.2) is 43.8 Å². The lowest BCUT2D eigenvalue weighted by Gasteiger charge is -2.54. The Morgan fingerprint density at radius 3 is 2.74 bits per heavy atom. The van der Waals surface area contributed by atoms with Crippen LogP contribution < -0.4 is 5.32 Å². The van der Waals surface area contributed by atoms with Crippen molar-refractivity contribution in [1.82, 2.24) is 30.0 Å². The number of hydrogen-bond donors (Lipinski definition) is 1. The van der Waals surface area contributed by atoms with Gasteiger partial charge in [0.2, 0.25) is 0 Å². The Morgan fingerprint density at radius 1 is 1.39 bits per heavy atom. The van der Waals surface area contributed by atoms with E-state index in [-0.39, 0.29) is 17.5 Å². The summed E-state index contributed by atoms with van der Waals surface area (Å²) >= 11 is 0. The van der Waals surface area contributed by atoms with Crippen LogP contribution in [-0.2, 0) is 13.5 Å². The van der Waals surface area contributed by atoms with Crippen LogP contribution in [0.2, 0.25) is 0 Å². The van der Waals surface area contributed by atoms with E-state index < -0.39 is 0 Å². The van der Waals surface area contributed by atoms with Crippen molar-refractivity contribution in [3.8, 4) is 0 Å². The standard InChI is InChI=1S/C16H22N6O/c1-16(2)10-22(14(16)12-4-7-17-8-5-12)15(23)18-9-6-13-19-11-21(3)20-13/h4-5,7-8,11,14H,6,9-10H2,1-3H3,(H,18,23). The second-order valence-electron chi connectivity index (χ2n) is 6.62. The summed E-state index contributed by atoms with van der Waals surface area (Å²) in [4.78, 5) is 22.5. The molecule has 7 heteroatoms. The number of urea groups is 1. The van der Waals surface area contributed by atoms with Crippen molar-refractivity contribution in [2.24, 2.45) is 12.5 Å². The number of nitrogens with one attached hydrogen (secondary N) is 1. The molecule has 0 radical (unpaired) electrons. The highest BCUT2D eigenvalue weighted by atomic mass is 16.2. The van der Waals surface area contributed by atoms with E-state index in [0.29, 0.717) is 13.0 Å². The van der Waals surface area contributed by atoms with E-state index in [1.54, 1.807) is 23.4 Å². The lowest BCUT2D eigenvalue weighted by atomic mass is 9.72. The molecule has 0 saturated carbocycles. The third-order valence-electron chi connectivity index (χ3n) is 4.18. The van der Waals surface area contributed by atoms with Crippen LogP contribution in [0, 0.1) is 5.41 Å². The number of aryl methyl sites for hydroxylation is 1. The Kier molecular flexibility index (Phi) is 4.02. The van der Waals surface area contributed by atoms with Gasteiger partial charge >= 0.3 is 6.03 Å². The highest BCUT2D eigenvalue weighted by Gasteiger charge is 2.48. The van der Waals surface area contributed by atoms with Crippen molar-refractivity contribution in [2.45, 2.75) is 26.3 Å². The molecule has 1 unspecified atom stereocenters. The summed E-state index contributed by atoms with van der Waals surface area (Å²) < 4.78 is 1.66. The molecule has 3 rings (SSSR count). The monoisotopic (exact) mass is 314 g/mol. The van der Waals surface area contributed by atoms with Crippen molar-refractivity contribution in [3.05, 3.63) is 42.2 Å². The molecular weight excluding hydrogens is 292 g/mol. The Morgan fingerprint density at radius 2 is 2.13 bits per heavy atom. The number of pyridine rings is 1. The van der Waals surface area contributed by atoms with Crippen LogP contribution in [0.4, 0.5) is 4.79 Å². The number of amides is 2. The molecule has 0 aliphatic carbocycles. The average molecular weight is 314 g/mol. The summed E-state index contributed by atoms with van der Waals surface area (Å²) in [5, 5.41) is 7.17. The number of carbonyl (C=O) groups is 1. The minimum atomic E-state index is -0.0398. The van der Waals surface area contributed by atoms with Crippen LogP contribution in [0.5, 0.6) is 0 Å². The maximum atomic E-state index is 12.4. The average Bonchev–Trinajstić information content (AvgIpc) is 2.91. The Labute approximate surface area is 135 Å². The van der Waals surface area contributed by atoms with Crippen molar-refractivity contribution in [3.63, 3.8) is 0 Å². The van der Waals surface area contributed by atoms with Gasteiger partial charge < -0.3 is 10.2 Å². The summed E-state index contributed by atoms with van der Waals surface area (Å²) in [5.74, 6) is 0.738. The quantitative estimate of drug-likeness (QED) is 0.929. The highest BCUT2D eigenvalue weighted by molar-refractivity contribution is 5.76. The van der Waals surface area contributed by atoms with E-state index in [1.165, 1.54) is 0 Å². The second-order valence-corrected chi connectivity index (χ2v) is 6.62. The van der Waals surface area contributed by atoms with Crippen LogP contribution >= 0.6 is 0 Å². The molecule has 1 aliphatic rings. The number of nitrogens with zero attached hydrogens (tertiary/aromatic N) is 5. The molecule has 0 aromatic carbocycles. The lowest BCUT2D eigenvalue weighted by molar-refractivity contribution is -0.0164. The minimum Gasteiger partial charge on any atom is -0.338 e. The van der Waals surface area contributed by atoms with Gasteiger partial charge in [0.25, 0.3) is 0 Å². The van der Waals surface area contributed by atoms with Gasteiger partial charge in [-0.1, -0.05) is 13.8 Å². The van der Waals surface area contributed by atoms with Crippen molar-refractivity contribution >= 4 is 6.03 Å². The van der Waals surface area contributed by atoms with E-state index in [9.17, 15) is 4.79 Å². The second kappa shape index (κ2) is 5.98. The fourth-order valence-corrected chi connectivity index (χ4v) is 3.17. The molecule has 1 N–H and O–H groups in total. The van der Waals surface area contributed by atoms with Crippen molar-refractivity contribution in [2.75, 3.05) is 13.1 Å². The molecule has 2 amide bonds. The molecule has 3 heterocycles. The largest absolute Gasteiger partial charge is 0.338 e. The van der Waals surface area contributed by atoms with Crippen LogP contribution in [0.25, 0.3) is 0 Å². The first-order chi connectivity index (χ1) is 11.0. The van der Waals surface area contributed by atoms with Gasteiger partial charge in [0.05, 0.1) is 6.04 Å². The van der Waals surface area contributed by atoms with Crippen molar-refractivity contribution < 1.29 is 4.79 Å². The topological polar surface area (TPSA) is 75.9 Å². The SMILES string of the molecule is Cn1cnc(CCNC(=O)N2CC(C)(C)C2c2ccncc2)n1.